The van der Waals surface area contributed by atoms with E-state index in [9.17, 15) is 26.7 Å². The van der Waals surface area contributed by atoms with Gasteiger partial charge in [0.15, 0.2) is 0 Å². The van der Waals surface area contributed by atoms with E-state index in [1.54, 1.807) is 38.2 Å². The Bertz CT molecular complexity index is 1180. The molecule has 0 aromatic carbocycles. The van der Waals surface area contributed by atoms with Gasteiger partial charge in [0.2, 0.25) is 0 Å². The normalized spacial score (nSPS) is 20.0. The topological polar surface area (TPSA) is 71.0 Å². The fraction of sp³-hybridized carbons (Fsp3) is 0.391. The van der Waals surface area contributed by atoms with Gasteiger partial charge in [-0.3, -0.25) is 9.78 Å². The van der Waals surface area contributed by atoms with Crippen molar-refractivity contribution < 1.29 is 26.7 Å². The van der Waals surface area contributed by atoms with Crippen molar-refractivity contribution in [2.45, 2.75) is 38.4 Å². The Morgan fingerprint density at radius 1 is 1.23 bits per heavy atom. The zero-order valence-corrected chi connectivity index (χ0v) is 19.6. The van der Waals surface area contributed by atoms with Crippen molar-refractivity contribution in [3.63, 3.8) is 0 Å². The summed E-state index contributed by atoms with van der Waals surface area (Å²) in [6.45, 7) is 2.58. The second-order valence-electron chi connectivity index (χ2n) is 8.47. The number of thiazole rings is 1. The van der Waals surface area contributed by atoms with E-state index >= 15 is 0 Å². The van der Waals surface area contributed by atoms with Crippen LogP contribution < -0.4 is 5.32 Å². The van der Waals surface area contributed by atoms with Crippen molar-refractivity contribution >= 4 is 23.1 Å². The number of hydrogen-bond acceptors (Lipinski definition) is 6. The lowest BCUT2D eigenvalue weighted by Gasteiger charge is -2.43. The number of pyridine rings is 2. The fourth-order valence-electron chi connectivity index (χ4n) is 4.13. The molecule has 1 N–H and O–H groups in total. The van der Waals surface area contributed by atoms with E-state index in [2.05, 4.69) is 20.3 Å². The average Bonchev–Trinajstić information content (AvgIpc) is 3.19. The third-order valence-electron chi connectivity index (χ3n) is 5.76. The number of piperidine rings is 1. The fourth-order valence-corrected chi connectivity index (χ4v) is 5.02. The third kappa shape index (κ3) is 5.58. The highest BCUT2D eigenvalue weighted by atomic mass is 32.1. The molecule has 0 radical (unpaired) electrons. The van der Waals surface area contributed by atoms with E-state index < -0.39 is 48.5 Å². The Morgan fingerprint density at radius 2 is 2.00 bits per heavy atom. The molecule has 4 rings (SSSR count). The molecule has 1 aliphatic heterocycles. The quantitative estimate of drug-likeness (QED) is 0.457. The van der Waals surface area contributed by atoms with Crippen molar-refractivity contribution in [2.24, 2.45) is 5.92 Å². The molecule has 2 atom stereocenters. The van der Waals surface area contributed by atoms with Gasteiger partial charge in [-0.25, -0.2) is 18.7 Å². The van der Waals surface area contributed by atoms with E-state index in [1.165, 1.54) is 17.4 Å². The SMILES string of the molecule is Cc1nc(C(=O)N2CC(F)(F)CC(C)C2CNc2ccc(C(F)(F)F)cn2)c(-c2ccccn2)s1. The van der Waals surface area contributed by atoms with Gasteiger partial charge in [-0.1, -0.05) is 13.0 Å². The summed E-state index contributed by atoms with van der Waals surface area (Å²) in [5, 5.41) is 3.48. The average molecular weight is 512 g/mol. The van der Waals surface area contributed by atoms with Gasteiger partial charge in [-0.2, -0.15) is 13.2 Å². The number of alkyl halides is 5. The van der Waals surface area contributed by atoms with Gasteiger partial charge in [0, 0.05) is 25.4 Å². The first-order valence-corrected chi connectivity index (χ1v) is 11.6. The molecule has 2 unspecified atom stereocenters. The number of carbonyl (C=O) groups is 1. The molecule has 0 bridgehead atoms. The van der Waals surface area contributed by atoms with Crippen molar-refractivity contribution in [2.75, 3.05) is 18.4 Å². The van der Waals surface area contributed by atoms with Crippen LogP contribution in [0.4, 0.5) is 27.8 Å². The van der Waals surface area contributed by atoms with Crippen LogP contribution in [0.3, 0.4) is 0 Å². The smallest absolute Gasteiger partial charge is 0.368 e. The lowest BCUT2D eigenvalue weighted by Crippen LogP contribution is -2.57. The number of rotatable bonds is 5. The van der Waals surface area contributed by atoms with Crippen LogP contribution in [0.25, 0.3) is 10.6 Å². The van der Waals surface area contributed by atoms with Gasteiger partial charge in [0.25, 0.3) is 11.8 Å². The van der Waals surface area contributed by atoms with E-state index in [4.69, 9.17) is 0 Å². The first kappa shape index (κ1) is 25.0. The predicted octanol–water partition coefficient (Wildman–Crippen LogP) is 5.53. The summed E-state index contributed by atoms with van der Waals surface area (Å²) < 4.78 is 67.5. The molecule has 3 aromatic rings. The van der Waals surface area contributed by atoms with Crippen LogP contribution in [0, 0.1) is 12.8 Å². The number of anilines is 1. The number of amides is 1. The predicted molar refractivity (Wildman–Crippen MR) is 121 cm³/mol. The maximum Gasteiger partial charge on any atom is 0.417 e. The summed E-state index contributed by atoms with van der Waals surface area (Å²) in [6, 6.07) is 6.58. The summed E-state index contributed by atoms with van der Waals surface area (Å²) in [4.78, 5) is 27.5. The zero-order valence-electron chi connectivity index (χ0n) is 18.8. The molecule has 0 spiro atoms. The monoisotopic (exact) mass is 511 g/mol. The van der Waals surface area contributed by atoms with Crippen LogP contribution in [0.1, 0.15) is 34.4 Å². The second-order valence-corrected chi connectivity index (χ2v) is 9.68. The highest BCUT2D eigenvalue weighted by molar-refractivity contribution is 7.15. The van der Waals surface area contributed by atoms with Gasteiger partial charge in [0.05, 0.1) is 33.7 Å². The second kappa shape index (κ2) is 9.48. The molecule has 1 fully saturated rings. The molecule has 12 heteroatoms. The molecule has 0 aliphatic carbocycles. The molecular formula is C23H22F5N5OS. The molecule has 0 saturated carbocycles. The minimum atomic E-state index is -4.52. The van der Waals surface area contributed by atoms with Gasteiger partial charge >= 0.3 is 6.18 Å². The Morgan fingerprint density at radius 3 is 2.63 bits per heavy atom. The van der Waals surface area contributed by atoms with Crippen molar-refractivity contribution in [3.8, 4) is 10.6 Å². The Kier molecular flexibility index (Phi) is 6.76. The standard InChI is InChI=1S/C23H22F5N5OS/c1-13-9-22(24,25)12-33(17(13)11-31-18-7-6-15(10-30-18)23(26,27)28)21(34)19-20(35-14(2)32-19)16-5-3-4-8-29-16/h3-8,10,13,17H,9,11-12H2,1-2H3,(H,30,31). The molecule has 4 heterocycles. The maximum absolute atomic E-state index is 14.5. The molecule has 1 aliphatic rings. The Balaban J connectivity index is 1.60. The highest BCUT2D eigenvalue weighted by Gasteiger charge is 2.47. The summed E-state index contributed by atoms with van der Waals surface area (Å²) in [7, 11) is 0. The van der Waals surface area contributed by atoms with Crippen molar-refractivity contribution in [1.29, 1.82) is 0 Å². The van der Waals surface area contributed by atoms with Gasteiger partial charge in [0.1, 0.15) is 11.5 Å². The van der Waals surface area contributed by atoms with Crippen LogP contribution in [0.5, 0.6) is 0 Å². The molecule has 186 valence electrons. The van der Waals surface area contributed by atoms with Crippen molar-refractivity contribution in [1.82, 2.24) is 19.9 Å². The van der Waals surface area contributed by atoms with Crippen LogP contribution in [-0.2, 0) is 6.18 Å². The van der Waals surface area contributed by atoms with Crippen LogP contribution in [0.15, 0.2) is 42.7 Å². The first-order chi connectivity index (χ1) is 16.4. The van der Waals surface area contributed by atoms with Crippen molar-refractivity contribution in [3.05, 3.63) is 59.0 Å². The summed E-state index contributed by atoms with van der Waals surface area (Å²) >= 11 is 1.25. The number of aromatic nitrogens is 3. The number of nitrogens with zero attached hydrogens (tertiary/aromatic N) is 4. The van der Waals surface area contributed by atoms with Gasteiger partial charge in [-0.05, 0) is 37.1 Å². The minimum Gasteiger partial charge on any atom is -0.368 e. The number of likely N-dealkylation sites (tertiary alicyclic amines) is 1. The molecule has 1 amide bonds. The number of hydrogen-bond donors (Lipinski definition) is 1. The molecule has 6 nitrogen and oxygen atoms in total. The van der Waals surface area contributed by atoms with Gasteiger partial charge in [-0.15, -0.1) is 11.3 Å². The minimum absolute atomic E-state index is 0.0311. The van der Waals surface area contributed by atoms with Crippen LogP contribution in [-0.4, -0.2) is 50.8 Å². The van der Waals surface area contributed by atoms with E-state index in [0.717, 1.165) is 11.0 Å². The summed E-state index contributed by atoms with van der Waals surface area (Å²) in [6.07, 6.45) is -2.68. The first-order valence-electron chi connectivity index (χ1n) is 10.8. The number of aryl methyl sites for hydroxylation is 1. The van der Waals surface area contributed by atoms with Crippen LogP contribution >= 0.6 is 11.3 Å². The van der Waals surface area contributed by atoms with E-state index in [0.29, 0.717) is 21.8 Å². The van der Waals surface area contributed by atoms with Crippen LogP contribution in [0.2, 0.25) is 0 Å². The maximum atomic E-state index is 14.5. The third-order valence-corrected chi connectivity index (χ3v) is 6.75. The summed E-state index contributed by atoms with van der Waals surface area (Å²) in [5.41, 5.74) is -0.331. The Hall–Kier alpha value is -3.15. The number of nitrogens with one attached hydrogen (secondary N) is 1. The lowest BCUT2D eigenvalue weighted by molar-refractivity contribution is -0.137. The molecule has 3 aromatic heterocycles. The highest BCUT2D eigenvalue weighted by Crippen LogP contribution is 2.37. The largest absolute Gasteiger partial charge is 0.417 e. The van der Waals surface area contributed by atoms with E-state index in [1.807, 2.05) is 0 Å². The summed E-state index contributed by atoms with van der Waals surface area (Å²) in [5.74, 6) is -4.18. The number of halogens is 5. The van der Waals surface area contributed by atoms with Gasteiger partial charge < -0.3 is 10.2 Å². The Labute approximate surface area is 202 Å². The number of carbonyl (C=O) groups excluding carboxylic acids is 1. The van der Waals surface area contributed by atoms with E-state index in [-0.39, 0.29) is 18.1 Å². The molecular weight excluding hydrogens is 489 g/mol. The molecule has 1 saturated heterocycles. The molecule has 35 heavy (non-hydrogen) atoms. The lowest BCUT2D eigenvalue weighted by atomic mass is 9.88. The zero-order chi connectivity index (χ0) is 25.4.